The molecule has 2 aromatic rings. The van der Waals surface area contributed by atoms with E-state index in [-0.39, 0.29) is 37.1 Å². The number of aliphatic hydroxyl groups is 1. The molecular formula is C22H29N5O4. The van der Waals surface area contributed by atoms with E-state index in [4.69, 9.17) is 9.47 Å². The Balaban J connectivity index is 1.31. The number of carbonyl (C=O) groups excluding carboxylic acids is 1. The van der Waals surface area contributed by atoms with Gasteiger partial charge in [-0.25, -0.2) is 4.68 Å². The zero-order valence-corrected chi connectivity index (χ0v) is 18.0. The molecule has 3 aliphatic rings. The van der Waals surface area contributed by atoms with Crippen LogP contribution in [0.5, 0.6) is 5.75 Å². The highest BCUT2D eigenvalue weighted by Crippen LogP contribution is 2.49. The Morgan fingerprint density at radius 2 is 2.10 bits per heavy atom. The molecule has 3 aliphatic heterocycles. The summed E-state index contributed by atoms with van der Waals surface area (Å²) in [6, 6.07) is 7.67. The van der Waals surface area contributed by atoms with E-state index in [1.54, 1.807) is 6.33 Å². The van der Waals surface area contributed by atoms with Gasteiger partial charge in [0.1, 0.15) is 17.7 Å². The molecule has 166 valence electrons. The van der Waals surface area contributed by atoms with Gasteiger partial charge in [0.2, 0.25) is 5.95 Å². The Bertz CT molecular complexity index is 948. The van der Waals surface area contributed by atoms with Crippen molar-refractivity contribution in [1.29, 1.82) is 0 Å². The van der Waals surface area contributed by atoms with Crippen LogP contribution in [-0.2, 0) is 16.1 Å². The van der Waals surface area contributed by atoms with Crippen LogP contribution in [0.1, 0.15) is 12.5 Å². The van der Waals surface area contributed by atoms with Gasteiger partial charge < -0.3 is 24.4 Å². The SMILES string of the molecule is CCn1ncnc1N1C[C@H]2O[C@@]3(CN(C(=O)COc4ccc(C)cc4)C[C@@H]3[C@@H]2CO)C1. The van der Waals surface area contributed by atoms with Crippen molar-refractivity contribution >= 4 is 11.9 Å². The van der Waals surface area contributed by atoms with Gasteiger partial charge in [0.25, 0.3) is 5.91 Å². The second-order valence-corrected chi connectivity index (χ2v) is 8.81. The molecule has 9 heteroatoms. The van der Waals surface area contributed by atoms with E-state index >= 15 is 0 Å². The minimum absolute atomic E-state index is 0.00110. The van der Waals surface area contributed by atoms with Crippen molar-refractivity contribution < 1.29 is 19.4 Å². The first-order chi connectivity index (χ1) is 15.0. The number of aliphatic hydroxyl groups excluding tert-OH is 1. The van der Waals surface area contributed by atoms with Crippen LogP contribution >= 0.6 is 0 Å². The highest BCUT2D eigenvalue weighted by Gasteiger charge is 2.63. The summed E-state index contributed by atoms with van der Waals surface area (Å²) < 4.78 is 14.1. The Morgan fingerprint density at radius 1 is 1.29 bits per heavy atom. The number of likely N-dealkylation sites (tertiary alicyclic amines) is 1. The third-order valence-electron chi connectivity index (χ3n) is 6.91. The van der Waals surface area contributed by atoms with Crippen molar-refractivity contribution in [3.8, 4) is 5.75 Å². The number of anilines is 1. The number of ether oxygens (including phenoxy) is 2. The third-order valence-corrected chi connectivity index (χ3v) is 6.91. The number of fused-ring (bicyclic) bond motifs is 1. The molecule has 2 bridgehead atoms. The van der Waals surface area contributed by atoms with Crippen molar-refractivity contribution in [1.82, 2.24) is 19.7 Å². The Labute approximate surface area is 181 Å². The van der Waals surface area contributed by atoms with E-state index in [2.05, 4.69) is 15.0 Å². The van der Waals surface area contributed by atoms with Crippen molar-refractivity contribution in [2.24, 2.45) is 11.8 Å². The first-order valence-corrected chi connectivity index (χ1v) is 10.9. The number of rotatable bonds is 6. The number of carbonyl (C=O) groups is 1. The maximum absolute atomic E-state index is 12.9. The lowest BCUT2D eigenvalue weighted by Gasteiger charge is -2.40. The molecular weight excluding hydrogens is 398 g/mol. The first kappa shape index (κ1) is 20.3. The molecule has 1 aromatic heterocycles. The second-order valence-electron chi connectivity index (χ2n) is 8.81. The minimum atomic E-state index is -0.500. The predicted molar refractivity (Wildman–Crippen MR) is 113 cm³/mol. The van der Waals surface area contributed by atoms with Crippen molar-refractivity contribution in [3.63, 3.8) is 0 Å². The molecule has 1 spiro atoms. The van der Waals surface area contributed by atoms with Crippen LogP contribution in [0.15, 0.2) is 30.6 Å². The van der Waals surface area contributed by atoms with Gasteiger partial charge in [-0.1, -0.05) is 17.7 Å². The summed E-state index contributed by atoms with van der Waals surface area (Å²) in [5, 5.41) is 14.4. The second kappa shape index (κ2) is 7.80. The number of benzene rings is 1. The van der Waals surface area contributed by atoms with Crippen molar-refractivity contribution in [3.05, 3.63) is 36.2 Å². The summed E-state index contributed by atoms with van der Waals surface area (Å²) in [4.78, 5) is 21.4. The minimum Gasteiger partial charge on any atom is -0.484 e. The maximum atomic E-state index is 12.9. The summed E-state index contributed by atoms with van der Waals surface area (Å²) in [6.07, 6.45) is 1.49. The lowest BCUT2D eigenvalue weighted by molar-refractivity contribution is -0.135. The zero-order valence-electron chi connectivity index (χ0n) is 18.0. The highest BCUT2D eigenvalue weighted by atomic mass is 16.5. The molecule has 3 fully saturated rings. The fraction of sp³-hybridized carbons (Fsp3) is 0.591. The number of aryl methyl sites for hydroxylation is 2. The summed E-state index contributed by atoms with van der Waals surface area (Å²) in [5.74, 6) is 1.53. The number of aromatic nitrogens is 3. The molecule has 1 aromatic carbocycles. The van der Waals surface area contributed by atoms with Gasteiger partial charge in [-0.05, 0) is 26.0 Å². The molecule has 1 amide bonds. The van der Waals surface area contributed by atoms with Crippen molar-refractivity contribution in [2.45, 2.75) is 32.1 Å². The van der Waals surface area contributed by atoms with Crippen LogP contribution in [0.2, 0.25) is 0 Å². The van der Waals surface area contributed by atoms with Crippen LogP contribution in [0.25, 0.3) is 0 Å². The number of nitrogens with zero attached hydrogens (tertiary/aromatic N) is 5. The third kappa shape index (κ3) is 3.45. The van der Waals surface area contributed by atoms with Crippen LogP contribution in [0.4, 0.5) is 5.95 Å². The normalized spacial score (nSPS) is 29.3. The van der Waals surface area contributed by atoms with Gasteiger partial charge in [0, 0.05) is 38.1 Å². The monoisotopic (exact) mass is 427 g/mol. The summed E-state index contributed by atoms with van der Waals surface area (Å²) >= 11 is 0. The fourth-order valence-corrected chi connectivity index (χ4v) is 5.37. The molecule has 0 saturated carbocycles. The zero-order chi connectivity index (χ0) is 21.6. The molecule has 3 saturated heterocycles. The maximum Gasteiger partial charge on any atom is 0.260 e. The molecule has 1 N–H and O–H groups in total. The quantitative estimate of drug-likeness (QED) is 0.726. The Morgan fingerprint density at radius 3 is 2.84 bits per heavy atom. The Hall–Kier alpha value is -2.65. The highest BCUT2D eigenvalue weighted by molar-refractivity contribution is 5.78. The molecule has 0 unspecified atom stereocenters. The molecule has 31 heavy (non-hydrogen) atoms. The lowest BCUT2D eigenvalue weighted by Crippen LogP contribution is -2.55. The van der Waals surface area contributed by atoms with E-state index in [1.807, 2.05) is 47.7 Å². The van der Waals surface area contributed by atoms with Gasteiger partial charge in [0.15, 0.2) is 6.61 Å². The van der Waals surface area contributed by atoms with Gasteiger partial charge in [-0.2, -0.15) is 10.1 Å². The summed E-state index contributed by atoms with van der Waals surface area (Å²) in [5.41, 5.74) is 0.646. The number of amides is 1. The number of hydrogen-bond acceptors (Lipinski definition) is 7. The summed E-state index contributed by atoms with van der Waals surface area (Å²) in [6.45, 7) is 7.20. The number of hydrogen-bond donors (Lipinski definition) is 1. The van der Waals surface area contributed by atoms with Gasteiger partial charge in [-0.15, -0.1) is 0 Å². The van der Waals surface area contributed by atoms with Crippen LogP contribution in [-0.4, -0.2) is 81.8 Å². The summed E-state index contributed by atoms with van der Waals surface area (Å²) in [7, 11) is 0. The van der Waals surface area contributed by atoms with E-state index in [0.29, 0.717) is 31.9 Å². The lowest BCUT2D eigenvalue weighted by atomic mass is 9.83. The van der Waals surface area contributed by atoms with Gasteiger partial charge in [0.05, 0.1) is 19.2 Å². The van der Waals surface area contributed by atoms with Crippen LogP contribution in [0, 0.1) is 18.8 Å². The molecule has 4 heterocycles. The molecule has 9 nitrogen and oxygen atoms in total. The fourth-order valence-electron chi connectivity index (χ4n) is 5.37. The number of morpholine rings is 1. The predicted octanol–water partition coefficient (Wildman–Crippen LogP) is 0.710. The van der Waals surface area contributed by atoms with Crippen LogP contribution < -0.4 is 9.64 Å². The topological polar surface area (TPSA) is 93.0 Å². The van der Waals surface area contributed by atoms with Crippen molar-refractivity contribution in [2.75, 3.05) is 44.3 Å². The smallest absolute Gasteiger partial charge is 0.260 e. The molecule has 0 radical (unpaired) electrons. The van der Waals surface area contributed by atoms with E-state index < -0.39 is 5.60 Å². The molecule has 4 atom stereocenters. The standard InChI is InChI=1S/C22H29N5O4/c1-3-27-21(23-14-24-27)26-9-19-17(10-28)18-8-25(12-22(18,13-26)31-19)20(29)11-30-16-6-4-15(2)5-7-16/h4-7,14,17-19,28H,3,8-13H2,1-2H3/t17-,18+,19+,22-/m0/s1. The van der Waals surface area contributed by atoms with Gasteiger partial charge in [-0.3, -0.25) is 4.79 Å². The van der Waals surface area contributed by atoms with Crippen LogP contribution in [0.3, 0.4) is 0 Å². The molecule has 0 aliphatic carbocycles. The largest absolute Gasteiger partial charge is 0.484 e. The Kier molecular flexibility index (Phi) is 5.10. The average molecular weight is 428 g/mol. The van der Waals surface area contributed by atoms with Gasteiger partial charge >= 0.3 is 0 Å². The average Bonchev–Trinajstić information content (AvgIpc) is 3.43. The van der Waals surface area contributed by atoms with E-state index in [9.17, 15) is 9.90 Å². The molecule has 5 rings (SSSR count). The van der Waals surface area contributed by atoms with E-state index in [1.165, 1.54) is 0 Å². The first-order valence-electron chi connectivity index (χ1n) is 10.9. The van der Waals surface area contributed by atoms with E-state index in [0.717, 1.165) is 18.1 Å².